The van der Waals surface area contributed by atoms with Gasteiger partial charge in [-0.2, -0.15) is 5.10 Å². The fourth-order valence-corrected chi connectivity index (χ4v) is 4.60. The van der Waals surface area contributed by atoms with E-state index in [1.807, 2.05) is 85.8 Å². The Morgan fingerprint density at radius 1 is 1.03 bits per heavy atom. The molecule has 2 heterocycles. The highest BCUT2D eigenvalue weighted by Crippen LogP contribution is 2.34. The van der Waals surface area contributed by atoms with Crippen molar-refractivity contribution < 1.29 is 13.9 Å². The van der Waals surface area contributed by atoms with E-state index in [2.05, 4.69) is 10.2 Å². The zero-order valence-electron chi connectivity index (χ0n) is 19.4. The summed E-state index contributed by atoms with van der Waals surface area (Å²) in [6.07, 6.45) is 0.630. The zero-order valence-corrected chi connectivity index (χ0v) is 20.2. The number of ether oxygens (including phenoxy) is 1. The standard InChI is InChI=1S/C27H24N4O3S/c1-18-7-6-10-21(15-18)26-28-29-27(34-26)35-17-25(32)31-24(20-11-13-22(33-2)14-12-20)16-23(30-31)19-8-4-3-5-9-19/h3-15,24H,16-17H2,1-2H3. The Morgan fingerprint density at radius 3 is 2.54 bits per heavy atom. The average molecular weight is 485 g/mol. The maximum Gasteiger partial charge on any atom is 0.277 e. The number of benzene rings is 3. The van der Waals surface area contributed by atoms with Gasteiger partial charge < -0.3 is 9.15 Å². The average Bonchev–Trinajstić information content (AvgIpc) is 3.56. The van der Waals surface area contributed by atoms with Crippen LogP contribution in [0.25, 0.3) is 11.5 Å². The molecule has 0 saturated carbocycles. The lowest BCUT2D eigenvalue weighted by Gasteiger charge is -2.22. The SMILES string of the molecule is COc1ccc(C2CC(c3ccccc3)=NN2C(=O)CSc2nnc(-c3cccc(C)c3)o2)cc1. The second kappa shape index (κ2) is 10.1. The van der Waals surface area contributed by atoms with Crippen molar-refractivity contribution in [3.05, 3.63) is 95.6 Å². The number of rotatable bonds is 7. The molecule has 1 aliphatic heterocycles. The Kier molecular flexibility index (Phi) is 6.63. The predicted octanol–water partition coefficient (Wildman–Crippen LogP) is 5.52. The van der Waals surface area contributed by atoms with Crippen molar-refractivity contribution in [2.75, 3.05) is 12.9 Å². The van der Waals surface area contributed by atoms with E-state index in [0.29, 0.717) is 17.5 Å². The first kappa shape index (κ1) is 22.9. The number of aromatic nitrogens is 2. The Hall–Kier alpha value is -3.91. The normalized spacial score (nSPS) is 15.2. The van der Waals surface area contributed by atoms with Crippen LogP contribution in [-0.4, -0.2) is 39.7 Å². The van der Waals surface area contributed by atoms with Crippen LogP contribution in [0, 0.1) is 6.92 Å². The molecule has 1 atom stereocenters. The number of carbonyl (C=O) groups is 1. The summed E-state index contributed by atoms with van der Waals surface area (Å²) in [6.45, 7) is 2.01. The number of methoxy groups -OCH3 is 1. The van der Waals surface area contributed by atoms with Crippen molar-refractivity contribution in [3.8, 4) is 17.2 Å². The minimum Gasteiger partial charge on any atom is -0.497 e. The fraction of sp³-hybridized carbons (Fsp3) is 0.185. The minimum atomic E-state index is -0.199. The molecule has 3 aromatic carbocycles. The highest BCUT2D eigenvalue weighted by molar-refractivity contribution is 7.99. The molecule has 1 aliphatic rings. The molecule has 35 heavy (non-hydrogen) atoms. The van der Waals surface area contributed by atoms with Gasteiger partial charge >= 0.3 is 0 Å². The van der Waals surface area contributed by atoms with Crippen molar-refractivity contribution >= 4 is 23.4 Å². The lowest BCUT2D eigenvalue weighted by Crippen LogP contribution is -2.28. The van der Waals surface area contributed by atoms with E-state index < -0.39 is 0 Å². The molecule has 0 radical (unpaired) electrons. The topological polar surface area (TPSA) is 80.8 Å². The van der Waals surface area contributed by atoms with E-state index in [1.165, 1.54) is 11.8 Å². The molecule has 0 aliphatic carbocycles. The second-order valence-electron chi connectivity index (χ2n) is 8.18. The third kappa shape index (κ3) is 5.12. The Bertz CT molecular complexity index is 1350. The highest BCUT2D eigenvalue weighted by atomic mass is 32.2. The molecule has 0 fully saturated rings. The van der Waals surface area contributed by atoms with Crippen LogP contribution in [-0.2, 0) is 4.79 Å². The Balaban J connectivity index is 1.34. The summed E-state index contributed by atoms with van der Waals surface area (Å²) >= 11 is 1.21. The summed E-state index contributed by atoms with van der Waals surface area (Å²) in [6, 6.07) is 25.4. The van der Waals surface area contributed by atoms with Gasteiger partial charge in [0.1, 0.15) is 5.75 Å². The summed E-state index contributed by atoms with van der Waals surface area (Å²) in [5.74, 6) is 1.21. The van der Waals surface area contributed by atoms with E-state index >= 15 is 0 Å². The van der Waals surface area contributed by atoms with Gasteiger partial charge in [0.2, 0.25) is 5.89 Å². The molecule has 7 nitrogen and oxygen atoms in total. The molecule has 1 aromatic heterocycles. The first-order valence-electron chi connectivity index (χ1n) is 11.2. The van der Waals surface area contributed by atoms with Crippen LogP contribution in [0.5, 0.6) is 5.75 Å². The van der Waals surface area contributed by atoms with E-state index in [-0.39, 0.29) is 17.7 Å². The zero-order chi connectivity index (χ0) is 24.2. The molecular weight excluding hydrogens is 460 g/mol. The van der Waals surface area contributed by atoms with E-state index in [1.54, 1.807) is 12.1 Å². The van der Waals surface area contributed by atoms with Crippen LogP contribution in [0.1, 0.15) is 29.2 Å². The van der Waals surface area contributed by atoms with Gasteiger partial charge in [-0.05, 0) is 42.3 Å². The van der Waals surface area contributed by atoms with Gasteiger partial charge in [0.25, 0.3) is 11.1 Å². The van der Waals surface area contributed by atoms with Crippen LogP contribution in [0.4, 0.5) is 0 Å². The van der Waals surface area contributed by atoms with Crippen molar-refractivity contribution in [2.45, 2.75) is 24.6 Å². The largest absolute Gasteiger partial charge is 0.497 e. The molecule has 0 saturated heterocycles. The molecule has 176 valence electrons. The summed E-state index contributed by atoms with van der Waals surface area (Å²) in [7, 11) is 1.64. The van der Waals surface area contributed by atoms with Crippen LogP contribution in [0.15, 0.2) is 93.6 Å². The fourth-order valence-electron chi connectivity index (χ4n) is 3.98. The van der Waals surface area contributed by atoms with E-state index in [0.717, 1.165) is 33.7 Å². The number of nitrogens with zero attached hydrogens (tertiary/aromatic N) is 4. The second-order valence-corrected chi connectivity index (χ2v) is 9.10. The van der Waals surface area contributed by atoms with Gasteiger partial charge in [-0.1, -0.05) is 71.9 Å². The van der Waals surface area contributed by atoms with Crippen LogP contribution in [0.3, 0.4) is 0 Å². The first-order valence-corrected chi connectivity index (χ1v) is 12.2. The third-order valence-electron chi connectivity index (χ3n) is 5.76. The number of hydrazone groups is 1. The Labute approximate surface area is 207 Å². The van der Waals surface area contributed by atoms with Gasteiger partial charge in [0.05, 0.1) is 24.6 Å². The Morgan fingerprint density at radius 2 is 1.80 bits per heavy atom. The molecule has 4 aromatic rings. The van der Waals surface area contributed by atoms with Gasteiger partial charge in [0.15, 0.2) is 0 Å². The first-order chi connectivity index (χ1) is 17.1. The number of hydrogen-bond acceptors (Lipinski definition) is 7. The molecule has 1 amide bonds. The van der Waals surface area contributed by atoms with Gasteiger partial charge in [-0.25, -0.2) is 5.01 Å². The van der Waals surface area contributed by atoms with Crippen molar-refractivity contribution in [2.24, 2.45) is 5.10 Å². The number of carbonyl (C=O) groups excluding carboxylic acids is 1. The van der Waals surface area contributed by atoms with Crippen LogP contribution < -0.4 is 4.74 Å². The molecule has 0 N–H and O–H groups in total. The molecule has 8 heteroatoms. The lowest BCUT2D eigenvalue weighted by molar-refractivity contribution is -0.130. The number of thioether (sulfide) groups is 1. The summed E-state index contributed by atoms with van der Waals surface area (Å²) in [5.41, 5.74) is 4.85. The minimum absolute atomic E-state index is 0.128. The number of aryl methyl sites for hydroxylation is 1. The van der Waals surface area contributed by atoms with Crippen LogP contribution >= 0.6 is 11.8 Å². The molecular formula is C27H24N4O3S. The van der Waals surface area contributed by atoms with Gasteiger partial charge in [0, 0.05) is 12.0 Å². The van der Waals surface area contributed by atoms with Crippen LogP contribution in [0.2, 0.25) is 0 Å². The van der Waals surface area contributed by atoms with Crippen molar-refractivity contribution in [1.29, 1.82) is 0 Å². The van der Waals surface area contributed by atoms with Crippen molar-refractivity contribution in [3.63, 3.8) is 0 Å². The van der Waals surface area contributed by atoms with E-state index in [4.69, 9.17) is 14.3 Å². The maximum atomic E-state index is 13.3. The summed E-state index contributed by atoms with van der Waals surface area (Å²) in [4.78, 5) is 13.3. The highest BCUT2D eigenvalue weighted by Gasteiger charge is 2.33. The van der Waals surface area contributed by atoms with Crippen molar-refractivity contribution in [1.82, 2.24) is 15.2 Å². The van der Waals surface area contributed by atoms with Gasteiger partial charge in [-0.15, -0.1) is 10.2 Å². The number of hydrogen-bond donors (Lipinski definition) is 0. The molecule has 5 rings (SSSR count). The maximum absolute atomic E-state index is 13.3. The van der Waals surface area contributed by atoms with E-state index in [9.17, 15) is 4.79 Å². The molecule has 0 spiro atoms. The molecule has 1 unspecified atom stereocenters. The smallest absolute Gasteiger partial charge is 0.277 e. The number of amides is 1. The third-order valence-corrected chi connectivity index (χ3v) is 6.57. The van der Waals surface area contributed by atoms with Gasteiger partial charge in [-0.3, -0.25) is 4.79 Å². The summed E-state index contributed by atoms with van der Waals surface area (Å²) < 4.78 is 11.1. The summed E-state index contributed by atoms with van der Waals surface area (Å²) in [5, 5.41) is 14.9. The lowest BCUT2D eigenvalue weighted by atomic mass is 9.98. The monoisotopic (exact) mass is 484 g/mol. The quantitative estimate of drug-likeness (QED) is 0.321. The molecule has 0 bridgehead atoms. The predicted molar refractivity (Wildman–Crippen MR) is 135 cm³/mol.